The molecule has 1 aromatic carbocycles. The van der Waals surface area contributed by atoms with Crippen LogP contribution in [-0.4, -0.2) is 28.5 Å². The van der Waals surface area contributed by atoms with E-state index in [9.17, 15) is 9.59 Å². The SMILES string of the molecule is CC(C)(C)OC(=O)C1Cc2ccccc2N1C(=O)c1ccccn1. The predicted octanol–water partition coefficient (Wildman–Crippen LogP) is 2.99. The van der Waals surface area contributed by atoms with Gasteiger partial charge < -0.3 is 4.74 Å². The molecule has 0 saturated heterocycles. The molecule has 0 bridgehead atoms. The predicted molar refractivity (Wildman–Crippen MR) is 90.8 cm³/mol. The van der Waals surface area contributed by atoms with Crippen molar-refractivity contribution in [3.63, 3.8) is 0 Å². The quantitative estimate of drug-likeness (QED) is 0.797. The van der Waals surface area contributed by atoms with Crippen molar-refractivity contribution in [3.05, 3.63) is 59.9 Å². The third kappa shape index (κ3) is 3.15. The van der Waals surface area contributed by atoms with Crippen LogP contribution in [0.3, 0.4) is 0 Å². The lowest BCUT2D eigenvalue weighted by atomic mass is 10.1. The Balaban J connectivity index is 1.97. The van der Waals surface area contributed by atoms with Crippen LogP contribution in [-0.2, 0) is 16.0 Å². The number of rotatable bonds is 2. The Kier molecular flexibility index (Phi) is 4.09. The van der Waals surface area contributed by atoms with Gasteiger partial charge in [0.05, 0.1) is 0 Å². The van der Waals surface area contributed by atoms with Crippen LogP contribution in [0.4, 0.5) is 5.69 Å². The normalized spacial score (nSPS) is 16.6. The fraction of sp³-hybridized carbons (Fsp3) is 0.316. The Labute approximate surface area is 141 Å². The molecular weight excluding hydrogens is 304 g/mol. The zero-order valence-corrected chi connectivity index (χ0v) is 14.0. The lowest BCUT2D eigenvalue weighted by molar-refractivity contribution is -0.156. The Morgan fingerprint density at radius 1 is 1.12 bits per heavy atom. The first kappa shape index (κ1) is 16.2. The van der Waals surface area contributed by atoms with Crippen LogP contribution in [0.2, 0.25) is 0 Å². The molecule has 5 heteroatoms. The van der Waals surface area contributed by atoms with Gasteiger partial charge in [-0.1, -0.05) is 24.3 Å². The van der Waals surface area contributed by atoms with Crippen molar-refractivity contribution in [2.45, 2.75) is 38.8 Å². The lowest BCUT2D eigenvalue weighted by Gasteiger charge is -2.27. The van der Waals surface area contributed by atoms with Gasteiger partial charge in [0.1, 0.15) is 17.3 Å². The molecule has 0 saturated carbocycles. The van der Waals surface area contributed by atoms with Gasteiger partial charge in [0.2, 0.25) is 0 Å². The van der Waals surface area contributed by atoms with Gasteiger partial charge in [-0.2, -0.15) is 0 Å². The maximum Gasteiger partial charge on any atom is 0.330 e. The van der Waals surface area contributed by atoms with Gasteiger partial charge in [0.25, 0.3) is 5.91 Å². The first-order valence-electron chi connectivity index (χ1n) is 7.92. The van der Waals surface area contributed by atoms with Crippen LogP contribution in [0, 0.1) is 0 Å². The molecule has 0 aliphatic carbocycles. The number of pyridine rings is 1. The molecule has 1 aliphatic heterocycles. The number of para-hydroxylation sites is 1. The van der Waals surface area contributed by atoms with E-state index in [1.54, 1.807) is 24.4 Å². The number of hydrogen-bond acceptors (Lipinski definition) is 4. The zero-order valence-electron chi connectivity index (χ0n) is 14.0. The summed E-state index contributed by atoms with van der Waals surface area (Å²) in [6, 6.07) is 12.0. The minimum Gasteiger partial charge on any atom is -0.458 e. The highest BCUT2D eigenvalue weighted by Crippen LogP contribution is 2.34. The third-order valence-electron chi connectivity index (χ3n) is 3.76. The number of amides is 1. The fourth-order valence-electron chi connectivity index (χ4n) is 2.81. The van der Waals surface area contributed by atoms with Gasteiger partial charge in [-0.3, -0.25) is 14.7 Å². The van der Waals surface area contributed by atoms with Crippen LogP contribution in [0.5, 0.6) is 0 Å². The molecule has 1 unspecified atom stereocenters. The van der Waals surface area contributed by atoms with Crippen molar-refractivity contribution in [3.8, 4) is 0 Å². The van der Waals surface area contributed by atoms with E-state index in [2.05, 4.69) is 4.98 Å². The van der Waals surface area contributed by atoms with Crippen LogP contribution >= 0.6 is 0 Å². The number of ether oxygens (including phenoxy) is 1. The summed E-state index contributed by atoms with van der Waals surface area (Å²) in [5, 5.41) is 0. The molecule has 24 heavy (non-hydrogen) atoms. The van der Waals surface area contributed by atoms with Crippen molar-refractivity contribution in [2.24, 2.45) is 0 Å². The van der Waals surface area contributed by atoms with E-state index in [4.69, 9.17) is 4.74 Å². The van der Waals surface area contributed by atoms with Gasteiger partial charge >= 0.3 is 5.97 Å². The summed E-state index contributed by atoms with van der Waals surface area (Å²) in [6.07, 6.45) is 2.02. The molecule has 1 aromatic heterocycles. The number of anilines is 1. The highest BCUT2D eigenvalue weighted by Gasteiger charge is 2.41. The maximum atomic E-state index is 12.9. The molecular formula is C19H20N2O3. The molecule has 2 aromatic rings. The minimum absolute atomic E-state index is 0.295. The zero-order chi connectivity index (χ0) is 17.3. The number of carbonyl (C=O) groups is 2. The summed E-state index contributed by atoms with van der Waals surface area (Å²) in [5.74, 6) is -0.695. The summed E-state index contributed by atoms with van der Waals surface area (Å²) in [6.45, 7) is 5.45. The highest BCUT2D eigenvalue weighted by atomic mass is 16.6. The minimum atomic E-state index is -0.670. The maximum absolute atomic E-state index is 12.9. The van der Waals surface area contributed by atoms with Crippen LogP contribution < -0.4 is 4.90 Å². The molecule has 1 atom stereocenters. The molecule has 1 amide bonds. The molecule has 0 N–H and O–H groups in total. The molecule has 1 aliphatic rings. The van der Waals surface area contributed by atoms with Gasteiger partial charge in [-0.05, 0) is 44.5 Å². The number of nitrogens with zero attached hydrogens (tertiary/aromatic N) is 2. The van der Waals surface area contributed by atoms with E-state index >= 15 is 0 Å². The van der Waals surface area contributed by atoms with E-state index in [1.165, 1.54) is 4.90 Å². The third-order valence-corrected chi connectivity index (χ3v) is 3.76. The van der Waals surface area contributed by atoms with E-state index in [0.717, 1.165) is 11.3 Å². The van der Waals surface area contributed by atoms with Crippen molar-refractivity contribution < 1.29 is 14.3 Å². The van der Waals surface area contributed by atoms with Gasteiger partial charge in [-0.15, -0.1) is 0 Å². The second kappa shape index (κ2) is 6.07. The van der Waals surface area contributed by atoms with Crippen LogP contribution in [0.1, 0.15) is 36.8 Å². The average molecular weight is 324 g/mol. The summed E-state index contributed by atoms with van der Waals surface area (Å²) in [7, 11) is 0. The van der Waals surface area contributed by atoms with Crippen LogP contribution in [0.15, 0.2) is 48.7 Å². The molecule has 5 nitrogen and oxygen atoms in total. The van der Waals surface area contributed by atoms with Crippen molar-refractivity contribution in [1.82, 2.24) is 4.98 Å². The number of esters is 1. The summed E-state index contributed by atoms with van der Waals surface area (Å²) >= 11 is 0. The molecule has 0 spiro atoms. The number of benzene rings is 1. The second-order valence-electron chi connectivity index (χ2n) is 6.77. The monoisotopic (exact) mass is 324 g/mol. The molecule has 2 heterocycles. The van der Waals surface area contributed by atoms with Crippen molar-refractivity contribution in [1.29, 1.82) is 0 Å². The Morgan fingerprint density at radius 3 is 2.50 bits per heavy atom. The molecule has 124 valence electrons. The van der Waals surface area contributed by atoms with E-state index in [-0.39, 0.29) is 5.91 Å². The Morgan fingerprint density at radius 2 is 1.83 bits per heavy atom. The Hall–Kier alpha value is -2.69. The summed E-state index contributed by atoms with van der Waals surface area (Å²) < 4.78 is 5.52. The van der Waals surface area contributed by atoms with Crippen molar-refractivity contribution >= 4 is 17.6 Å². The van der Waals surface area contributed by atoms with Crippen LogP contribution in [0.25, 0.3) is 0 Å². The topological polar surface area (TPSA) is 59.5 Å². The smallest absolute Gasteiger partial charge is 0.330 e. The largest absolute Gasteiger partial charge is 0.458 e. The number of fused-ring (bicyclic) bond motifs is 1. The van der Waals surface area contributed by atoms with E-state index in [1.807, 2.05) is 45.0 Å². The van der Waals surface area contributed by atoms with Gasteiger partial charge in [-0.25, -0.2) is 4.79 Å². The van der Waals surface area contributed by atoms with E-state index in [0.29, 0.717) is 12.1 Å². The highest BCUT2D eigenvalue weighted by molar-refractivity contribution is 6.10. The molecule has 0 radical (unpaired) electrons. The lowest BCUT2D eigenvalue weighted by Crippen LogP contribution is -2.46. The number of carbonyl (C=O) groups excluding carboxylic acids is 2. The summed E-state index contributed by atoms with van der Waals surface area (Å²) in [5.41, 5.74) is 1.40. The molecule has 0 fully saturated rings. The fourth-order valence-corrected chi connectivity index (χ4v) is 2.81. The number of aromatic nitrogens is 1. The Bertz CT molecular complexity index is 766. The van der Waals surface area contributed by atoms with E-state index < -0.39 is 17.6 Å². The molecule has 3 rings (SSSR count). The average Bonchev–Trinajstić information content (AvgIpc) is 2.93. The van der Waals surface area contributed by atoms with Crippen molar-refractivity contribution in [2.75, 3.05) is 4.90 Å². The first-order valence-corrected chi connectivity index (χ1v) is 7.92. The summed E-state index contributed by atoms with van der Waals surface area (Å²) in [4.78, 5) is 31.2. The first-order chi connectivity index (χ1) is 11.4. The number of hydrogen-bond donors (Lipinski definition) is 0. The van der Waals surface area contributed by atoms with Gasteiger partial charge in [0.15, 0.2) is 0 Å². The standard InChI is InChI=1S/C19H20N2O3/c1-19(2,3)24-18(23)16-12-13-8-4-5-10-15(13)21(16)17(22)14-9-6-7-11-20-14/h4-11,16H,12H2,1-3H3. The van der Waals surface area contributed by atoms with Gasteiger partial charge in [0, 0.05) is 18.3 Å². The second-order valence-corrected chi connectivity index (χ2v) is 6.77.